The number of nitrogens with one attached hydrogen (secondary N) is 1. The van der Waals surface area contributed by atoms with Gasteiger partial charge in [-0.2, -0.15) is 0 Å². The average molecular weight is 270 g/mol. The molecule has 1 aliphatic rings. The maximum absolute atomic E-state index is 11.6. The summed E-state index contributed by atoms with van der Waals surface area (Å²) in [7, 11) is 0. The third-order valence-corrected chi connectivity index (χ3v) is 5.58. The van der Waals surface area contributed by atoms with Gasteiger partial charge in [0.25, 0.3) is 0 Å². The molecule has 3 nitrogen and oxygen atoms in total. The number of amides is 1. The van der Waals surface area contributed by atoms with Gasteiger partial charge in [-0.3, -0.25) is 4.79 Å². The lowest BCUT2D eigenvalue weighted by Crippen LogP contribution is -2.53. The molecule has 0 radical (unpaired) electrons. The topological polar surface area (TPSA) is 55.1 Å². The van der Waals surface area contributed by atoms with Crippen molar-refractivity contribution >= 4 is 29.0 Å². The Morgan fingerprint density at radius 2 is 2.59 bits per heavy atom. The van der Waals surface area contributed by atoms with E-state index < -0.39 is 5.54 Å². The maximum atomic E-state index is 11.6. The molecule has 1 aromatic heterocycles. The number of thiophene rings is 1. The summed E-state index contributed by atoms with van der Waals surface area (Å²) in [6.07, 6.45) is 2.76. The molecule has 94 valence electrons. The number of nitrogens with two attached hydrogens (primary N) is 1. The molecule has 1 amide bonds. The van der Waals surface area contributed by atoms with Crippen molar-refractivity contribution < 1.29 is 4.79 Å². The number of rotatable bonds is 5. The summed E-state index contributed by atoms with van der Waals surface area (Å²) in [4.78, 5) is 11.6. The van der Waals surface area contributed by atoms with E-state index in [4.69, 9.17) is 5.73 Å². The van der Waals surface area contributed by atoms with Gasteiger partial charge in [-0.1, -0.05) is 13.0 Å². The lowest BCUT2D eigenvalue weighted by Gasteiger charge is -2.26. The lowest BCUT2D eigenvalue weighted by atomic mass is 9.97. The molecule has 1 saturated carbocycles. The summed E-state index contributed by atoms with van der Waals surface area (Å²) in [5, 5.41) is 5.87. The van der Waals surface area contributed by atoms with Crippen LogP contribution >= 0.6 is 23.1 Å². The van der Waals surface area contributed by atoms with Crippen LogP contribution in [-0.2, 0) is 4.79 Å². The van der Waals surface area contributed by atoms with Crippen molar-refractivity contribution in [2.24, 2.45) is 5.73 Å². The van der Waals surface area contributed by atoms with Crippen LogP contribution in [0.3, 0.4) is 0 Å². The van der Waals surface area contributed by atoms with Crippen LogP contribution in [0.1, 0.15) is 26.2 Å². The van der Waals surface area contributed by atoms with Crippen LogP contribution in [0.25, 0.3) is 0 Å². The van der Waals surface area contributed by atoms with E-state index in [0.717, 1.165) is 25.8 Å². The summed E-state index contributed by atoms with van der Waals surface area (Å²) >= 11 is 3.63. The first kappa shape index (κ1) is 12.9. The van der Waals surface area contributed by atoms with Crippen molar-refractivity contribution in [1.29, 1.82) is 0 Å². The lowest BCUT2D eigenvalue weighted by molar-refractivity contribution is -0.124. The Labute approximate surface area is 110 Å². The number of carbonyl (C=O) groups excluding carboxylic acids is 1. The van der Waals surface area contributed by atoms with E-state index in [1.807, 2.05) is 18.7 Å². The van der Waals surface area contributed by atoms with Gasteiger partial charge in [0.2, 0.25) is 5.91 Å². The summed E-state index contributed by atoms with van der Waals surface area (Å²) in [6, 6.07) is 4.19. The van der Waals surface area contributed by atoms with E-state index in [1.165, 1.54) is 4.21 Å². The molecule has 2 atom stereocenters. The summed E-state index contributed by atoms with van der Waals surface area (Å²) in [5.41, 5.74) is 5.08. The van der Waals surface area contributed by atoms with Crippen molar-refractivity contribution in [3.63, 3.8) is 0 Å². The van der Waals surface area contributed by atoms with Crippen LogP contribution in [-0.4, -0.2) is 23.2 Å². The zero-order chi connectivity index (χ0) is 12.3. The monoisotopic (exact) mass is 270 g/mol. The second-order valence-electron chi connectivity index (χ2n) is 4.39. The van der Waals surface area contributed by atoms with Gasteiger partial charge in [0.1, 0.15) is 0 Å². The second kappa shape index (κ2) is 5.42. The van der Waals surface area contributed by atoms with Gasteiger partial charge in [-0.15, -0.1) is 23.1 Å². The number of primary amides is 1. The van der Waals surface area contributed by atoms with Crippen molar-refractivity contribution in [1.82, 2.24) is 5.32 Å². The molecule has 3 N–H and O–H groups in total. The van der Waals surface area contributed by atoms with Gasteiger partial charge in [0, 0.05) is 5.25 Å². The fourth-order valence-electron chi connectivity index (χ4n) is 2.41. The number of likely N-dealkylation sites (N-methyl/N-ethyl adjacent to an activating group) is 1. The molecule has 0 saturated heterocycles. The number of thioether (sulfide) groups is 1. The molecule has 17 heavy (non-hydrogen) atoms. The highest BCUT2D eigenvalue weighted by atomic mass is 32.2. The Kier molecular flexibility index (Phi) is 4.12. The molecule has 1 aliphatic carbocycles. The van der Waals surface area contributed by atoms with Gasteiger partial charge >= 0.3 is 0 Å². The Bertz CT molecular complexity index is 380. The van der Waals surface area contributed by atoms with Crippen LogP contribution in [0.2, 0.25) is 0 Å². The highest BCUT2D eigenvalue weighted by Gasteiger charge is 2.43. The van der Waals surface area contributed by atoms with Crippen LogP contribution in [0.15, 0.2) is 21.7 Å². The molecule has 1 aromatic rings. The minimum Gasteiger partial charge on any atom is -0.368 e. The molecule has 0 spiro atoms. The number of hydrogen-bond acceptors (Lipinski definition) is 4. The van der Waals surface area contributed by atoms with E-state index in [-0.39, 0.29) is 5.91 Å². The van der Waals surface area contributed by atoms with Crippen LogP contribution in [0.5, 0.6) is 0 Å². The van der Waals surface area contributed by atoms with E-state index in [9.17, 15) is 4.79 Å². The Morgan fingerprint density at radius 3 is 3.18 bits per heavy atom. The van der Waals surface area contributed by atoms with Crippen molar-refractivity contribution in [3.8, 4) is 0 Å². The van der Waals surface area contributed by atoms with E-state index in [1.54, 1.807) is 11.3 Å². The first-order chi connectivity index (χ1) is 8.16. The van der Waals surface area contributed by atoms with Crippen LogP contribution in [0, 0.1) is 0 Å². The summed E-state index contributed by atoms with van der Waals surface area (Å²) < 4.78 is 1.33. The van der Waals surface area contributed by atoms with Crippen LogP contribution < -0.4 is 11.1 Å². The second-order valence-corrected chi connectivity index (χ2v) is 6.94. The minimum absolute atomic E-state index is 0.200. The van der Waals surface area contributed by atoms with Crippen LogP contribution in [0.4, 0.5) is 0 Å². The van der Waals surface area contributed by atoms with Gasteiger partial charge in [-0.25, -0.2) is 0 Å². The molecule has 1 fully saturated rings. The SMILES string of the molecule is CCNC1(C(N)=O)CCC(Sc2cccs2)C1. The smallest absolute Gasteiger partial charge is 0.237 e. The van der Waals surface area contributed by atoms with Crippen molar-refractivity contribution in [2.75, 3.05) is 6.54 Å². The maximum Gasteiger partial charge on any atom is 0.237 e. The molecule has 5 heteroatoms. The zero-order valence-corrected chi connectivity index (χ0v) is 11.6. The number of carbonyl (C=O) groups is 1. The van der Waals surface area contributed by atoms with Crippen molar-refractivity contribution in [2.45, 2.75) is 41.2 Å². The molecular weight excluding hydrogens is 252 g/mol. The first-order valence-electron chi connectivity index (χ1n) is 5.91. The highest BCUT2D eigenvalue weighted by molar-refractivity contribution is 8.01. The average Bonchev–Trinajstić information content (AvgIpc) is 2.90. The highest BCUT2D eigenvalue weighted by Crippen LogP contribution is 2.41. The Hall–Kier alpha value is -0.520. The van der Waals surface area contributed by atoms with Gasteiger partial charge in [0.15, 0.2) is 0 Å². The van der Waals surface area contributed by atoms with E-state index >= 15 is 0 Å². The molecule has 0 bridgehead atoms. The van der Waals surface area contributed by atoms with Crippen molar-refractivity contribution in [3.05, 3.63) is 17.5 Å². The zero-order valence-electron chi connectivity index (χ0n) is 9.94. The third kappa shape index (κ3) is 2.84. The van der Waals surface area contributed by atoms with Gasteiger partial charge < -0.3 is 11.1 Å². The normalized spacial score (nSPS) is 28.4. The molecule has 0 aliphatic heterocycles. The molecular formula is C12H18N2OS2. The summed E-state index contributed by atoms with van der Waals surface area (Å²) in [5.74, 6) is -0.200. The van der Waals surface area contributed by atoms with E-state index in [0.29, 0.717) is 5.25 Å². The van der Waals surface area contributed by atoms with Gasteiger partial charge in [-0.05, 0) is 37.3 Å². The largest absolute Gasteiger partial charge is 0.368 e. The first-order valence-corrected chi connectivity index (χ1v) is 7.67. The quantitative estimate of drug-likeness (QED) is 0.862. The third-order valence-electron chi connectivity index (χ3n) is 3.23. The summed E-state index contributed by atoms with van der Waals surface area (Å²) in [6.45, 7) is 2.81. The standard InChI is InChI=1S/C12H18N2OS2/c1-2-14-12(11(13)15)6-5-9(8-12)17-10-4-3-7-16-10/h3-4,7,9,14H,2,5-6,8H2,1H3,(H2,13,15). The molecule has 2 unspecified atom stereocenters. The molecule has 2 rings (SSSR count). The van der Waals surface area contributed by atoms with E-state index in [2.05, 4.69) is 22.8 Å². The predicted octanol–water partition coefficient (Wildman–Crippen LogP) is 2.23. The predicted molar refractivity (Wildman–Crippen MR) is 73.4 cm³/mol. The van der Waals surface area contributed by atoms with Gasteiger partial charge in [0.05, 0.1) is 9.75 Å². The molecule has 0 aromatic carbocycles. The Balaban J connectivity index is 1.99. The minimum atomic E-state index is -0.469. The fraction of sp³-hybridized carbons (Fsp3) is 0.583. The fourth-order valence-corrected chi connectivity index (χ4v) is 4.74. The molecule has 1 heterocycles. The Morgan fingerprint density at radius 1 is 1.76 bits per heavy atom. The number of hydrogen-bond donors (Lipinski definition) is 2.